The van der Waals surface area contributed by atoms with E-state index < -0.39 is 5.82 Å². The minimum Gasteiger partial charge on any atom is -0.495 e. The van der Waals surface area contributed by atoms with Gasteiger partial charge >= 0.3 is 0 Å². The van der Waals surface area contributed by atoms with Crippen molar-refractivity contribution in [1.29, 1.82) is 0 Å². The first-order chi connectivity index (χ1) is 9.67. The normalized spacial score (nSPS) is 12.0. The van der Waals surface area contributed by atoms with Crippen LogP contribution in [0, 0.1) is 5.82 Å². The molecule has 0 saturated carbocycles. The number of ether oxygens (including phenoxy) is 1. The highest BCUT2D eigenvalue weighted by Crippen LogP contribution is 2.30. The van der Waals surface area contributed by atoms with E-state index in [4.69, 9.17) is 22.1 Å². The van der Waals surface area contributed by atoms with Crippen LogP contribution in [0.2, 0.25) is 5.02 Å². The summed E-state index contributed by atoms with van der Waals surface area (Å²) in [5.41, 5.74) is 6.94. The average molecular weight is 295 g/mol. The molecule has 1 unspecified atom stereocenters. The molecule has 0 saturated heterocycles. The van der Waals surface area contributed by atoms with Gasteiger partial charge in [0, 0.05) is 12.1 Å². The van der Waals surface area contributed by atoms with Crippen LogP contribution in [0.15, 0.2) is 42.5 Å². The van der Waals surface area contributed by atoms with Crippen LogP contribution < -0.4 is 15.8 Å². The number of anilines is 1. The molecule has 3 N–H and O–H groups in total. The Morgan fingerprint density at radius 3 is 2.70 bits per heavy atom. The molecule has 106 valence electrons. The molecular formula is C15H16ClFN2O. The Bertz CT molecular complexity index is 592. The van der Waals surface area contributed by atoms with E-state index in [2.05, 4.69) is 5.32 Å². The number of halogens is 2. The van der Waals surface area contributed by atoms with Gasteiger partial charge in [-0.3, -0.25) is 0 Å². The van der Waals surface area contributed by atoms with Crippen molar-refractivity contribution in [1.82, 2.24) is 0 Å². The van der Waals surface area contributed by atoms with E-state index in [1.54, 1.807) is 19.2 Å². The van der Waals surface area contributed by atoms with Gasteiger partial charge in [0.15, 0.2) is 0 Å². The van der Waals surface area contributed by atoms with Gasteiger partial charge in [0.25, 0.3) is 0 Å². The predicted octanol–water partition coefficient (Wildman–Crippen LogP) is 3.60. The van der Waals surface area contributed by atoms with E-state index in [1.807, 2.05) is 24.3 Å². The van der Waals surface area contributed by atoms with Crippen molar-refractivity contribution >= 4 is 17.3 Å². The maximum absolute atomic E-state index is 14.1. The van der Waals surface area contributed by atoms with Gasteiger partial charge in [-0.1, -0.05) is 35.9 Å². The first-order valence-corrected chi connectivity index (χ1v) is 6.58. The van der Waals surface area contributed by atoms with Crippen molar-refractivity contribution in [2.75, 3.05) is 19.0 Å². The van der Waals surface area contributed by atoms with Gasteiger partial charge in [-0.2, -0.15) is 0 Å². The molecule has 0 bridgehead atoms. The van der Waals surface area contributed by atoms with E-state index in [-0.39, 0.29) is 17.6 Å². The quantitative estimate of drug-likeness (QED) is 0.886. The van der Waals surface area contributed by atoms with Gasteiger partial charge in [0.1, 0.15) is 11.6 Å². The fraction of sp³-hybridized carbons (Fsp3) is 0.200. The molecule has 3 nitrogen and oxygen atoms in total. The van der Waals surface area contributed by atoms with E-state index in [9.17, 15) is 4.39 Å². The highest BCUT2D eigenvalue weighted by Gasteiger charge is 2.17. The Labute approximate surface area is 122 Å². The third-order valence-electron chi connectivity index (χ3n) is 3.03. The summed E-state index contributed by atoms with van der Waals surface area (Å²) in [6, 6.07) is 11.9. The fourth-order valence-corrected chi connectivity index (χ4v) is 2.19. The van der Waals surface area contributed by atoms with Crippen LogP contribution in [-0.4, -0.2) is 13.7 Å². The van der Waals surface area contributed by atoms with Crippen LogP contribution in [0.1, 0.15) is 11.6 Å². The summed E-state index contributed by atoms with van der Waals surface area (Å²) in [7, 11) is 1.58. The predicted molar refractivity (Wildman–Crippen MR) is 79.8 cm³/mol. The van der Waals surface area contributed by atoms with Crippen LogP contribution in [-0.2, 0) is 0 Å². The zero-order chi connectivity index (χ0) is 14.5. The summed E-state index contributed by atoms with van der Waals surface area (Å²) in [5.74, 6) is 0.223. The maximum Gasteiger partial charge on any atom is 0.147 e. The van der Waals surface area contributed by atoms with Crippen molar-refractivity contribution in [2.24, 2.45) is 5.73 Å². The smallest absolute Gasteiger partial charge is 0.147 e. The number of hydrogen-bond acceptors (Lipinski definition) is 3. The average Bonchev–Trinajstić information content (AvgIpc) is 2.48. The minimum atomic E-state index is -0.452. The van der Waals surface area contributed by atoms with Crippen LogP contribution in [0.4, 0.5) is 10.1 Å². The first-order valence-electron chi connectivity index (χ1n) is 6.21. The third-order valence-corrected chi connectivity index (χ3v) is 3.32. The second-order valence-corrected chi connectivity index (χ2v) is 4.68. The van der Waals surface area contributed by atoms with Crippen LogP contribution in [0.25, 0.3) is 0 Å². The number of nitrogens with one attached hydrogen (secondary N) is 1. The van der Waals surface area contributed by atoms with Crippen molar-refractivity contribution in [3.63, 3.8) is 0 Å². The number of hydrogen-bond donors (Lipinski definition) is 2. The zero-order valence-corrected chi connectivity index (χ0v) is 11.8. The van der Waals surface area contributed by atoms with Gasteiger partial charge in [-0.05, 0) is 18.2 Å². The van der Waals surface area contributed by atoms with Gasteiger partial charge in [0.05, 0.1) is 23.9 Å². The summed E-state index contributed by atoms with van der Waals surface area (Å²) in [6.07, 6.45) is 0. The summed E-state index contributed by atoms with van der Waals surface area (Å²) in [4.78, 5) is 0. The molecule has 0 aliphatic heterocycles. The molecule has 0 amide bonds. The molecule has 0 spiro atoms. The standard InChI is InChI=1S/C15H16ClFN2O/c1-20-14-8-3-2-7-12(14)19-13(9-18)10-5-4-6-11(16)15(10)17/h2-8,13,19H,9,18H2,1H3. The lowest BCUT2D eigenvalue weighted by molar-refractivity contribution is 0.416. The maximum atomic E-state index is 14.1. The lowest BCUT2D eigenvalue weighted by Gasteiger charge is -2.21. The Morgan fingerprint density at radius 2 is 2.00 bits per heavy atom. The third kappa shape index (κ3) is 3.03. The van der Waals surface area contributed by atoms with E-state index >= 15 is 0 Å². The number of nitrogens with two attached hydrogens (primary N) is 1. The van der Waals surface area contributed by atoms with Gasteiger partial charge < -0.3 is 15.8 Å². The van der Waals surface area contributed by atoms with Crippen molar-refractivity contribution in [3.8, 4) is 5.75 Å². The molecule has 0 radical (unpaired) electrons. The molecule has 0 fully saturated rings. The Balaban J connectivity index is 2.31. The van der Waals surface area contributed by atoms with E-state index in [0.717, 1.165) is 5.69 Å². The molecule has 5 heteroatoms. The molecule has 2 aromatic carbocycles. The lowest BCUT2D eigenvalue weighted by atomic mass is 10.1. The highest BCUT2D eigenvalue weighted by molar-refractivity contribution is 6.30. The van der Waals surface area contributed by atoms with E-state index in [0.29, 0.717) is 11.3 Å². The topological polar surface area (TPSA) is 47.3 Å². The number of para-hydroxylation sites is 2. The van der Waals surface area contributed by atoms with Crippen molar-refractivity contribution in [2.45, 2.75) is 6.04 Å². The molecule has 1 atom stereocenters. The molecule has 2 aromatic rings. The summed E-state index contributed by atoms with van der Waals surface area (Å²) >= 11 is 5.81. The first kappa shape index (κ1) is 14.6. The van der Waals surface area contributed by atoms with Crippen LogP contribution >= 0.6 is 11.6 Å². The van der Waals surface area contributed by atoms with Crippen LogP contribution in [0.3, 0.4) is 0 Å². The molecule has 2 rings (SSSR count). The SMILES string of the molecule is COc1ccccc1NC(CN)c1cccc(Cl)c1F. The number of methoxy groups -OCH3 is 1. The second kappa shape index (κ2) is 6.59. The van der Waals surface area contributed by atoms with E-state index in [1.165, 1.54) is 6.07 Å². The summed E-state index contributed by atoms with van der Waals surface area (Å²) in [6.45, 7) is 0.231. The van der Waals surface area contributed by atoms with Gasteiger partial charge in [-0.15, -0.1) is 0 Å². The molecule has 0 aliphatic rings. The van der Waals surface area contributed by atoms with Crippen LogP contribution in [0.5, 0.6) is 5.75 Å². The molecular weight excluding hydrogens is 279 g/mol. The monoisotopic (exact) mass is 294 g/mol. The number of rotatable bonds is 5. The largest absolute Gasteiger partial charge is 0.495 e. The Kier molecular flexibility index (Phi) is 4.82. The van der Waals surface area contributed by atoms with Crippen molar-refractivity contribution in [3.05, 3.63) is 58.9 Å². The van der Waals surface area contributed by atoms with Gasteiger partial charge in [0.2, 0.25) is 0 Å². The summed E-state index contributed by atoms with van der Waals surface area (Å²) < 4.78 is 19.3. The Hall–Kier alpha value is -1.78. The zero-order valence-electron chi connectivity index (χ0n) is 11.1. The lowest BCUT2D eigenvalue weighted by Crippen LogP contribution is -2.22. The second-order valence-electron chi connectivity index (χ2n) is 4.28. The minimum absolute atomic E-state index is 0.0859. The fourth-order valence-electron chi connectivity index (χ4n) is 2.00. The molecule has 0 heterocycles. The molecule has 0 aliphatic carbocycles. The van der Waals surface area contributed by atoms with Crippen molar-refractivity contribution < 1.29 is 9.13 Å². The summed E-state index contributed by atoms with van der Waals surface area (Å²) in [5, 5.41) is 3.27. The molecule has 20 heavy (non-hydrogen) atoms. The highest BCUT2D eigenvalue weighted by atomic mass is 35.5. The van der Waals surface area contributed by atoms with Gasteiger partial charge in [-0.25, -0.2) is 4.39 Å². The number of benzene rings is 2. The Morgan fingerprint density at radius 1 is 1.25 bits per heavy atom. The molecule has 0 aromatic heterocycles.